The Bertz CT molecular complexity index is 580. The first-order valence-electron chi connectivity index (χ1n) is 8.18. The maximum Gasteiger partial charge on any atom is 0.318 e. The van der Waals surface area contributed by atoms with Crippen LogP contribution in [0.4, 0.5) is 9.18 Å². The highest BCUT2D eigenvalue weighted by atomic mass is 19.1. The zero-order valence-electron chi connectivity index (χ0n) is 14.0. The third-order valence-electron chi connectivity index (χ3n) is 3.69. The molecule has 0 radical (unpaired) electrons. The van der Waals surface area contributed by atoms with Gasteiger partial charge in [-0.2, -0.15) is 0 Å². The van der Waals surface area contributed by atoms with Crippen molar-refractivity contribution in [1.82, 2.24) is 15.5 Å². The summed E-state index contributed by atoms with van der Waals surface area (Å²) in [4.78, 5) is 26.0. The van der Waals surface area contributed by atoms with E-state index in [9.17, 15) is 14.0 Å². The fourth-order valence-corrected chi connectivity index (χ4v) is 2.58. The van der Waals surface area contributed by atoms with Gasteiger partial charge in [-0.05, 0) is 38.0 Å². The topological polar surface area (TPSA) is 70.7 Å². The summed E-state index contributed by atoms with van der Waals surface area (Å²) >= 11 is 0. The van der Waals surface area contributed by atoms with E-state index in [0.717, 1.165) is 0 Å². The van der Waals surface area contributed by atoms with E-state index >= 15 is 0 Å². The molecule has 1 saturated heterocycles. The fourth-order valence-electron chi connectivity index (χ4n) is 2.58. The number of carbonyl (C=O) groups is 2. The summed E-state index contributed by atoms with van der Waals surface area (Å²) in [6, 6.07) is 4.63. The van der Waals surface area contributed by atoms with Crippen molar-refractivity contribution in [2.45, 2.75) is 32.4 Å². The first-order chi connectivity index (χ1) is 11.5. The van der Waals surface area contributed by atoms with Crippen LogP contribution in [0.1, 0.15) is 31.9 Å². The minimum atomic E-state index is -0.818. The van der Waals surface area contributed by atoms with E-state index in [1.807, 2.05) is 13.8 Å². The second-order valence-corrected chi connectivity index (χ2v) is 5.95. The minimum Gasteiger partial charge on any atom is -0.379 e. The average molecular weight is 337 g/mol. The molecular formula is C17H24FN3O3. The molecule has 0 aliphatic carbocycles. The lowest BCUT2D eigenvalue weighted by Crippen LogP contribution is -2.55. The quantitative estimate of drug-likeness (QED) is 0.778. The normalized spacial score (nSPS) is 17.8. The summed E-state index contributed by atoms with van der Waals surface area (Å²) in [6.07, 6.45) is 0.845. The van der Waals surface area contributed by atoms with Crippen LogP contribution < -0.4 is 10.6 Å². The Labute approximate surface area is 141 Å². The highest BCUT2D eigenvalue weighted by molar-refractivity contribution is 5.89. The van der Waals surface area contributed by atoms with Gasteiger partial charge in [0.15, 0.2) is 0 Å². The van der Waals surface area contributed by atoms with E-state index in [4.69, 9.17) is 4.74 Å². The zero-order chi connectivity index (χ0) is 17.5. The molecule has 1 aromatic rings. The molecule has 3 amide bonds. The van der Waals surface area contributed by atoms with E-state index < -0.39 is 11.9 Å². The number of piperazine rings is 1. The van der Waals surface area contributed by atoms with Crippen LogP contribution in [0.15, 0.2) is 24.3 Å². The van der Waals surface area contributed by atoms with Crippen LogP contribution in [-0.4, -0.2) is 49.2 Å². The van der Waals surface area contributed by atoms with Crippen LogP contribution in [0.3, 0.4) is 0 Å². The number of benzene rings is 1. The standard InChI is InChI=1S/C17H24FN3O3/c1-12(2)24-10-4-7-20-17(23)21-9-8-19-16(22)15(21)13-5-3-6-14(18)11-13/h3,5-6,11-12,15H,4,7-10H2,1-2H3,(H,19,22)(H,20,23). The highest BCUT2D eigenvalue weighted by Gasteiger charge is 2.34. The van der Waals surface area contributed by atoms with Crippen molar-refractivity contribution in [3.63, 3.8) is 0 Å². The van der Waals surface area contributed by atoms with Crippen LogP contribution in [-0.2, 0) is 9.53 Å². The monoisotopic (exact) mass is 337 g/mol. The van der Waals surface area contributed by atoms with Gasteiger partial charge in [-0.25, -0.2) is 9.18 Å². The predicted molar refractivity (Wildman–Crippen MR) is 88.0 cm³/mol. The summed E-state index contributed by atoms with van der Waals surface area (Å²) < 4.78 is 18.9. The number of nitrogens with one attached hydrogen (secondary N) is 2. The number of ether oxygens (including phenoxy) is 1. The molecule has 132 valence electrons. The van der Waals surface area contributed by atoms with Gasteiger partial charge in [0.25, 0.3) is 0 Å². The highest BCUT2D eigenvalue weighted by Crippen LogP contribution is 2.23. The largest absolute Gasteiger partial charge is 0.379 e. The first kappa shape index (κ1) is 18.2. The molecule has 1 aliphatic rings. The van der Waals surface area contributed by atoms with Gasteiger partial charge in [0.05, 0.1) is 6.10 Å². The maximum absolute atomic E-state index is 13.5. The third kappa shape index (κ3) is 4.92. The summed E-state index contributed by atoms with van der Waals surface area (Å²) in [7, 11) is 0. The molecule has 2 N–H and O–H groups in total. The lowest BCUT2D eigenvalue weighted by Gasteiger charge is -2.35. The number of nitrogens with zero attached hydrogens (tertiary/aromatic N) is 1. The van der Waals surface area contributed by atoms with Gasteiger partial charge < -0.3 is 20.3 Å². The molecule has 1 aliphatic heterocycles. The van der Waals surface area contributed by atoms with Crippen molar-refractivity contribution in [3.8, 4) is 0 Å². The SMILES string of the molecule is CC(C)OCCCNC(=O)N1CCNC(=O)C1c1cccc(F)c1. The molecule has 1 atom stereocenters. The van der Waals surface area contributed by atoms with E-state index in [0.29, 0.717) is 38.2 Å². The average Bonchev–Trinajstić information content (AvgIpc) is 2.53. The van der Waals surface area contributed by atoms with Crippen molar-refractivity contribution in [1.29, 1.82) is 0 Å². The molecule has 1 aromatic carbocycles. The molecule has 0 saturated carbocycles. The Kier molecular flexibility index (Phi) is 6.54. The lowest BCUT2D eigenvalue weighted by molar-refractivity contribution is -0.127. The van der Waals surface area contributed by atoms with Crippen LogP contribution in [0, 0.1) is 5.82 Å². The van der Waals surface area contributed by atoms with Crippen LogP contribution in [0.25, 0.3) is 0 Å². The van der Waals surface area contributed by atoms with Crippen molar-refractivity contribution >= 4 is 11.9 Å². The summed E-state index contributed by atoms with van der Waals surface area (Å²) in [5.74, 6) is -0.734. The molecule has 0 bridgehead atoms. The zero-order valence-corrected chi connectivity index (χ0v) is 14.0. The maximum atomic E-state index is 13.5. The number of hydrogen-bond acceptors (Lipinski definition) is 3. The van der Waals surface area contributed by atoms with Crippen LogP contribution in [0.2, 0.25) is 0 Å². The molecule has 0 aromatic heterocycles. The number of amides is 3. The number of carbonyl (C=O) groups excluding carboxylic acids is 2. The first-order valence-corrected chi connectivity index (χ1v) is 8.18. The molecule has 0 spiro atoms. The molecular weight excluding hydrogens is 313 g/mol. The number of halogens is 1. The molecule has 6 nitrogen and oxygen atoms in total. The van der Waals surface area contributed by atoms with E-state index in [1.54, 1.807) is 6.07 Å². The lowest BCUT2D eigenvalue weighted by atomic mass is 10.0. The minimum absolute atomic E-state index is 0.156. The predicted octanol–water partition coefficient (Wildman–Crippen LogP) is 1.82. The van der Waals surface area contributed by atoms with Crippen molar-refractivity contribution < 1.29 is 18.7 Å². The third-order valence-corrected chi connectivity index (χ3v) is 3.69. The van der Waals surface area contributed by atoms with E-state index in [2.05, 4.69) is 10.6 Å². The number of hydrogen-bond donors (Lipinski definition) is 2. The molecule has 2 rings (SSSR count). The van der Waals surface area contributed by atoms with Gasteiger partial charge in [-0.15, -0.1) is 0 Å². The Morgan fingerprint density at radius 2 is 2.29 bits per heavy atom. The molecule has 7 heteroatoms. The van der Waals surface area contributed by atoms with Gasteiger partial charge in [0.2, 0.25) is 5.91 Å². The van der Waals surface area contributed by atoms with Gasteiger partial charge in [0, 0.05) is 26.2 Å². The van der Waals surface area contributed by atoms with Crippen molar-refractivity contribution in [2.24, 2.45) is 0 Å². The van der Waals surface area contributed by atoms with E-state index in [-0.39, 0.29) is 18.0 Å². The molecule has 1 unspecified atom stereocenters. The van der Waals surface area contributed by atoms with Crippen molar-refractivity contribution in [2.75, 3.05) is 26.2 Å². The molecule has 1 heterocycles. The second-order valence-electron chi connectivity index (χ2n) is 5.95. The number of urea groups is 1. The Hall–Kier alpha value is -2.15. The number of rotatable bonds is 6. The van der Waals surface area contributed by atoms with Crippen LogP contribution in [0.5, 0.6) is 0 Å². The second kappa shape index (κ2) is 8.63. The fraction of sp³-hybridized carbons (Fsp3) is 0.529. The summed E-state index contributed by atoms with van der Waals surface area (Å²) in [5.41, 5.74) is 0.463. The van der Waals surface area contributed by atoms with Gasteiger partial charge in [-0.1, -0.05) is 12.1 Å². The van der Waals surface area contributed by atoms with Crippen LogP contribution >= 0.6 is 0 Å². The van der Waals surface area contributed by atoms with Crippen molar-refractivity contribution in [3.05, 3.63) is 35.6 Å². The Morgan fingerprint density at radius 3 is 3.00 bits per heavy atom. The summed E-state index contributed by atoms with van der Waals surface area (Å²) in [6.45, 7) is 5.68. The smallest absolute Gasteiger partial charge is 0.318 e. The van der Waals surface area contributed by atoms with Gasteiger partial charge in [0.1, 0.15) is 11.9 Å². The molecule has 1 fully saturated rings. The Balaban J connectivity index is 1.97. The van der Waals surface area contributed by atoms with Gasteiger partial charge >= 0.3 is 6.03 Å². The van der Waals surface area contributed by atoms with Gasteiger partial charge in [-0.3, -0.25) is 4.79 Å². The Morgan fingerprint density at radius 1 is 1.50 bits per heavy atom. The van der Waals surface area contributed by atoms with E-state index in [1.165, 1.54) is 23.1 Å². The summed E-state index contributed by atoms with van der Waals surface area (Å²) in [5, 5.41) is 5.51. The molecule has 24 heavy (non-hydrogen) atoms.